The monoisotopic (exact) mass is 230 g/mol. The summed E-state index contributed by atoms with van der Waals surface area (Å²) >= 11 is 0. The molecule has 0 aromatic heterocycles. The normalized spacial score (nSPS) is 28.9. The summed E-state index contributed by atoms with van der Waals surface area (Å²) in [6.45, 7) is 5.68. The van der Waals surface area contributed by atoms with Gasteiger partial charge in [0.05, 0.1) is 5.75 Å². The molecule has 1 saturated carbocycles. The SMILES string of the molecule is C=CCS(=O)(=O)N1CCNCC1C1CC1. The molecule has 2 fully saturated rings. The molecule has 1 unspecified atom stereocenters. The number of nitrogens with one attached hydrogen (secondary N) is 1. The molecule has 15 heavy (non-hydrogen) atoms. The third-order valence-corrected chi connectivity index (χ3v) is 4.91. The van der Waals surface area contributed by atoms with Crippen LogP contribution in [0.3, 0.4) is 0 Å². The highest BCUT2D eigenvalue weighted by Gasteiger charge is 2.40. The van der Waals surface area contributed by atoms with Crippen molar-refractivity contribution in [3.63, 3.8) is 0 Å². The Hall–Kier alpha value is -0.390. The van der Waals surface area contributed by atoms with Gasteiger partial charge in [-0.05, 0) is 18.8 Å². The van der Waals surface area contributed by atoms with Gasteiger partial charge in [0.25, 0.3) is 0 Å². The van der Waals surface area contributed by atoms with Crippen LogP contribution in [0.2, 0.25) is 0 Å². The van der Waals surface area contributed by atoms with Crippen molar-refractivity contribution in [2.24, 2.45) is 5.92 Å². The van der Waals surface area contributed by atoms with Crippen molar-refractivity contribution in [2.75, 3.05) is 25.4 Å². The van der Waals surface area contributed by atoms with Gasteiger partial charge in [-0.15, -0.1) is 6.58 Å². The van der Waals surface area contributed by atoms with Crippen molar-refractivity contribution in [3.05, 3.63) is 12.7 Å². The summed E-state index contributed by atoms with van der Waals surface area (Å²) in [6.07, 6.45) is 3.82. The minimum Gasteiger partial charge on any atom is -0.314 e. The topological polar surface area (TPSA) is 49.4 Å². The fraction of sp³-hybridized carbons (Fsp3) is 0.800. The lowest BCUT2D eigenvalue weighted by Crippen LogP contribution is -2.54. The first kappa shape index (κ1) is 11.1. The lowest BCUT2D eigenvalue weighted by atomic mass is 10.1. The number of nitrogens with zero attached hydrogens (tertiary/aromatic N) is 1. The zero-order chi connectivity index (χ0) is 10.9. The average molecular weight is 230 g/mol. The van der Waals surface area contributed by atoms with Gasteiger partial charge in [0.1, 0.15) is 0 Å². The lowest BCUT2D eigenvalue weighted by molar-refractivity contribution is 0.245. The van der Waals surface area contributed by atoms with Crippen LogP contribution in [0, 0.1) is 5.92 Å². The predicted octanol–water partition coefficient (Wildman–Crippen LogP) is 0.186. The van der Waals surface area contributed by atoms with E-state index in [1.54, 1.807) is 4.31 Å². The molecule has 0 spiro atoms. The Bertz CT molecular complexity index is 335. The second kappa shape index (κ2) is 4.23. The molecule has 0 aromatic carbocycles. The summed E-state index contributed by atoms with van der Waals surface area (Å²) in [4.78, 5) is 0. The van der Waals surface area contributed by atoms with Gasteiger partial charge in [-0.25, -0.2) is 8.42 Å². The molecule has 1 aliphatic carbocycles. The van der Waals surface area contributed by atoms with E-state index in [1.165, 1.54) is 18.9 Å². The summed E-state index contributed by atoms with van der Waals surface area (Å²) < 4.78 is 25.6. The molecule has 5 heteroatoms. The zero-order valence-corrected chi connectivity index (χ0v) is 9.67. The van der Waals surface area contributed by atoms with Gasteiger partial charge in [0.2, 0.25) is 10.0 Å². The Balaban J connectivity index is 2.12. The van der Waals surface area contributed by atoms with Crippen LogP contribution in [0.1, 0.15) is 12.8 Å². The highest BCUT2D eigenvalue weighted by Crippen LogP contribution is 2.36. The highest BCUT2D eigenvalue weighted by atomic mass is 32.2. The van der Waals surface area contributed by atoms with Crippen molar-refractivity contribution >= 4 is 10.0 Å². The van der Waals surface area contributed by atoms with E-state index in [1.807, 2.05) is 0 Å². The quantitative estimate of drug-likeness (QED) is 0.701. The van der Waals surface area contributed by atoms with Crippen molar-refractivity contribution in [1.29, 1.82) is 0 Å². The third-order valence-electron chi connectivity index (χ3n) is 3.08. The largest absolute Gasteiger partial charge is 0.314 e. The first-order chi connectivity index (χ1) is 7.15. The molecule has 1 N–H and O–H groups in total. The standard InChI is InChI=1S/C10H18N2O2S/c1-2-7-15(13,14)12-6-5-11-8-10(12)9-3-4-9/h2,9-11H,1,3-8H2. The van der Waals surface area contributed by atoms with E-state index in [2.05, 4.69) is 11.9 Å². The Morgan fingerprint density at radius 2 is 2.20 bits per heavy atom. The molecule has 0 bridgehead atoms. The van der Waals surface area contributed by atoms with Crippen LogP contribution >= 0.6 is 0 Å². The Kier molecular flexibility index (Phi) is 3.13. The van der Waals surface area contributed by atoms with Crippen LogP contribution in [0.4, 0.5) is 0 Å². The van der Waals surface area contributed by atoms with Gasteiger partial charge in [0, 0.05) is 25.7 Å². The summed E-state index contributed by atoms with van der Waals surface area (Å²) in [7, 11) is -3.11. The number of piperazine rings is 1. The molecular weight excluding hydrogens is 212 g/mol. The summed E-state index contributed by atoms with van der Waals surface area (Å²) in [6, 6.07) is 0.184. The maximum atomic E-state index is 12.0. The van der Waals surface area contributed by atoms with Gasteiger partial charge in [-0.1, -0.05) is 6.08 Å². The van der Waals surface area contributed by atoms with Gasteiger partial charge in [-0.3, -0.25) is 0 Å². The third kappa shape index (κ3) is 2.41. The number of hydrogen-bond acceptors (Lipinski definition) is 3. The second-order valence-electron chi connectivity index (χ2n) is 4.29. The minimum absolute atomic E-state index is 0.0657. The van der Waals surface area contributed by atoms with Crippen molar-refractivity contribution in [3.8, 4) is 0 Å². The van der Waals surface area contributed by atoms with E-state index in [-0.39, 0.29) is 11.8 Å². The fourth-order valence-electron chi connectivity index (χ4n) is 2.18. The van der Waals surface area contributed by atoms with Gasteiger partial charge >= 0.3 is 0 Å². The van der Waals surface area contributed by atoms with Crippen molar-refractivity contribution < 1.29 is 8.42 Å². The molecular formula is C10H18N2O2S. The molecule has 1 atom stereocenters. The highest BCUT2D eigenvalue weighted by molar-refractivity contribution is 7.89. The maximum absolute atomic E-state index is 12.0. The van der Waals surface area contributed by atoms with Crippen LogP contribution in [-0.2, 0) is 10.0 Å². The summed E-state index contributed by atoms with van der Waals surface area (Å²) in [5, 5.41) is 3.27. The fourth-order valence-corrected chi connectivity index (χ4v) is 3.70. The maximum Gasteiger partial charge on any atom is 0.218 e. The lowest BCUT2D eigenvalue weighted by Gasteiger charge is -2.35. The first-order valence-electron chi connectivity index (χ1n) is 5.46. The first-order valence-corrected chi connectivity index (χ1v) is 7.07. The van der Waals surface area contributed by atoms with E-state index >= 15 is 0 Å². The van der Waals surface area contributed by atoms with Crippen molar-refractivity contribution in [2.45, 2.75) is 18.9 Å². The molecule has 1 heterocycles. The number of sulfonamides is 1. The van der Waals surface area contributed by atoms with E-state index in [9.17, 15) is 8.42 Å². The van der Waals surface area contributed by atoms with Crippen LogP contribution in [0.25, 0.3) is 0 Å². The molecule has 0 amide bonds. The van der Waals surface area contributed by atoms with E-state index in [0.717, 1.165) is 13.1 Å². The number of hydrogen-bond donors (Lipinski definition) is 1. The van der Waals surface area contributed by atoms with Gasteiger partial charge in [0.15, 0.2) is 0 Å². The molecule has 0 aromatic rings. The average Bonchev–Trinajstić information content (AvgIpc) is 3.01. The Morgan fingerprint density at radius 1 is 1.47 bits per heavy atom. The van der Waals surface area contributed by atoms with Crippen LogP contribution in [0.5, 0.6) is 0 Å². The predicted molar refractivity (Wildman–Crippen MR) is 60.1 cm³/mol. The van der Waals surface area contributed by atoms with Gasteiger partial charge < -0.3 is 5.32 Å². The van der Waals surface area contributed by atoms with E-state index in [4.69, 9.17) is 0 Å². The van der Waals surface area contributed by atoms with E-state index in [0.29, 0.717) is 12.5 Å². The number of rotatable bonds is 4. The van der Waals surface area contributed by atoms with Crippen LogP contribution in [0.15, 0.2) is 12.7 Å². The van der Waals surface area contributed by atoms with E-state index < -0.39 is 10.0 Å². The Morgan fingerprint density at radius 3 is 2.80 bits per heavy atom. The molecule has 86 valence electrons. The van der Waals surface area contributed by atoms with Crippen LogP contribution < -0.4 is 5.32 Å². The minimum atomic E-state index is -3.11. The summed E-state index contributed by atoms with van der Waals surface area (Å²) in [5.74, 6) is 0.647. The molecule has 2 aliphatic rings. The molecule has 1 saturated heterocycles. The van der Waals surface area contributed by atoms with Gasteiger partial charge in [-0.2, -0.15) is 4.31 Å². The summed E-state index contributed by atoms with van der Waals surface area (Å²) in [5.41, 5.74) is 0. The molecule has 2 rings (SSSR count). The second-order valence-corrected chi connectivity index (χ2v) is 6.25. The smallest absolute Gasteiger partial charge is 0.218 e. The molecule has 4 nitrogen and oxygen atoms in total. The zero-order valence-electron chi connectivity index (χ0n) is 8.85. The molecule has 1 aliphatic heterocycles. The van der Waals surface area contributed by atoms with Crippen LogP contribution in [-0.4, -0.2) is 44.2 Å². The Labute approximate surface area is 91.4 Å². The van der Waals surface area contributed by atoms with Crippen molar-refractivity contribution in [1.82, 2.24) is 9.62 Å². The molecule has 0 radical (unpaired) electrons.